The Kier molecular flexibility index (Phi) is 3.08. The van der Waals surface area contributed by atoms with Gasteiger partial charge in [0.2, 0.25) is 0 Å². The Morgan fingerprint density at radius 3 is 2.78 bits per heavy atom. The second-order valence-corrected chi connectivity index (χ2v) is 5.27. The van der Waals surface area contributed by atoms with Gasteiger partial charge in [-0.05, 0) is 47.4 Å². The minimum Gasteiger partial charge on any atom is -0.352 e. The van der Waals surface area contributed by atoms with Crippen molar-refractivity contribution in [1.82, 2.24) is 15.6 Å². The van der Waals surface area contributed by atoms with E-state index >= 15 is 0 Å². The van der Waals surface area contributed by atoms with Crippen LogP contribution in [0, 0.1) is 0 Å². The average molecular weight is 273 g/mol. The van der Waals surface area contributed by atoms with Crippen LogP contribution in [0.15, 0.2) is 48.1 Å². The Balaban J connectivity index is 1.96. The number of thiophene rings is 1. The molecule has 18 heavy (non-hydrogen) atoms. The van der Waals surface area contributed by atoms with Crippen molar-refractivity contribution in [3.8, 4) is 0 Å². The number of nitrogens with zero attached hydrogens (tertiary/aromatic N) is 1. The lowest BCUT2D eigenvalue weighted by Gasteiger charge is -2.25. The van der Waals surface area contributed by atoms with Gasteiger partial charge in [0.1, 0.15) is 0 Å². The molecule has 1 atom stereocenters. The summed E-state index contributed by atoms with van der Waals surface area (Å²) in [6, 6.07) is 8.21. The number of rotatable bonds is 2. The van der Waals surface area contributed by atoms with Gasteiger partial charge in [-0.1, -0.05) is 6.07 Å². The van der Waals surface area contributed by atoms with Crippen LogP contribution in [0.5, 0.6) is 0 Å². The molecule has 1 unspecified atom stereocenters. The van der Waals surface area contributed by atoms with E-state index in [1.807, 2.05) is 18.2 Å². The lowest BCUT2D eigenvalue weighted by atomic mass is 10.1. The van der Waals surface area contributed by atoms with Gasteiger partial charge in [0.05, 0.1) is 16.6 Å². The van der Waals surface area contributed by atoms with Crippen LogP contribution in [-0.4, -0.2) is 10.1 Å². The predicted octanol–water partition coefficient (Wildman–Crippen LogP) is 2.70. The number of pyridine rings is 1. The molecular formula is C13H11N3S2. The lowest BCUT2D eigenvalue weighted by molar-refractivity contribution is 0.764. The first kappa shape index (κ1) is 11.4. The molecule has 2 aromatic rings. The summed E-state index contributed by atoms with van der Waals surface area (Å²) in [5.41, 5.74) is 2.22. The van der Waals surface area contributed by atoms with Crippen LogP contribution in [0.25, 0.3) is 5.70 Å². The molecule has 0 spiro atoms. The van der Waals surface area contributed by atoms with E-state index in [4.69, 9.17) is 12.2 Å². The molecule has 5 heteroatoms. The Bertz CT molecular complexity index is 576. The molecule has 0 saturated heterocycles. The molecule has 3 heterocycles. The summed E-state index contributed by atoms with van der Waals surface area (Å²) in [6.45, 7) is 0. The molecule has 2 N–H and O–H groups in total. The molecule has 3 rings (SSSR count). The van der Waals surface area contributed by atoms with Crippen LogP contribution in [0.3, 0.4) is 0 Å². The number of nitrogens with one attached hydrogen (secondary N) is 2. The molecule has 0 aromatic carbocycles. The highest BCUT2D eigenvalue weighted by Crippen LogP contribution is 2.25. The van der Waals surface area contributed by atoms with E-state index in [0.717, 1.165) is 11.3 Å². The SMILES string of the molecule is S=C1NC(c2cccs2)=CC(c2ccncc2)N1. The zero-order valence-corrected chi connectivity index (χ0v) is 11.1. The van der Waals surface area contributed by atoms with Crippen molar-refractivity contribution in [3.05, 3.63) is 58.6 Å². The minimum atomic E-state index is 0.0962. The van der Waals surface area contributed by atoms with Crippen molar-refractivity contribution < 1.29 is 0 Å². The van der Waals surface area contributed by atoms with Crippen LogP contribution in [0.2, 0.25) is 0 Å². The van der Waals surface area contributed by atoms with Crippen molar-refractivity contribution in [1.29, 1.82) is 0 Å². The van der Waals surface area contributed by atoms with Gasteiger partial charge in [0.15, 0.2) is 5.11 Å². The maximum Gasteiger partial charge on any atom is 0.171 e. The quantitative estimate of drug-likeness (QED) is 0.825. The third-order valence-electron chi connectivity index (χ3n) is 2.72. The first-order chi connectivity index (χ1) is 8.83. The fraction of sp³-hybridized carbons (Fsp3) is 0.0769. The summed E-state index contributed by atoms with van der Waals surface area (Å²) in [5, 5.41) is 9.16. The fourth-order valence-corrected chi connectivity index (χ4v) is 2.82. The normalized spacial score (nSPS) is 18.8. The highest BCUT2D eigenvalue weighted by molar-refractivity contribution is 7.80. The minimum absolute atomic E-state index is 0.0962. The van der Waals surface area contributed by atoms with Crippen molar-refractivity contribution in [2.75, 3.05) is 0 Å². The Morgan fingerprint density at radius 1 is 1.22 bits per heavy atom. The summed E-state index contributed by atoms with van der Waals surface area (Å²) >= 11 is 6.96. The summed E-state index contributed by atoms with van der Waals surface area (Å²) in [5.74, 6) is 0. The molecule has 90 valence electrons. The van der Waals surface area contributed by atoms with E-state index in [-0.39, 0.29) is 6.04 Å². The molecule has 0 saturated carbocycles. The highest BCUT2D eigenvalue weighted by atomic mass is 32.1. The predicted molar refractivity (Wildman–Crippen MR) is 78.1 cm³/mol. The van der Waals surface area contributed by atoms with Gasteiger partial charge in [-0.15, -0.1) is 11.3 Å². The number of hydrogen-bond acceptors (Lipinski definition) is 3. The van der Waals surface area contributed by atoms with Gasteiger partial charge >= 0.3 is 0 Å². The van der Waals surface area contributed by atoms with E-state index < -0.39 is 0 Å². The van der Waals surface area contributed by atoms with E-state index in [1.165, 1.54) is 4.88 Å². The summed E-state index contributed by atoms with van der Waals surface area (Å²) < 4.78 is 0. The van der Waals surface area contributed by atoms with E-state index in [9.17, 15) is 0 Å². The highest BCUT2D eigenvalue weighted by Gasteiger charge is 2.18. The second kappa shape index (κ2) is 4.88. The van der Waals surface area contributed by atoms with Crippen molar-refractivity contribution in [3.63, 3.8) is 0 Å². The van der Waals surface area contributed by atoms with Crippen molar-refractivity contribution in [2.45, 2.75) is 6.04 Å². The van der Waals surface area contributed by atoms with Crippen LogP contribution >= 0.6 is 23.6 Å². The molecule has 1 aliphatic rings. The van der Waals surface area contributed by atoms with Crippen LogP contribution in [-0.2, 0) is 0 Å². The molecule has 0 aliphatic carbocycles. The topological polar surface area (TPSA) is 37.0 Å². The van der Waals surface area contributed by atoms with Gasteiger partial charge in [0.25, 0.3) is 0 Å². The molecule has 0 radical (unpaired) electrons. The molecule has 0 amide bonds. The average Bonchev–Trinajstić information content (AvgIpc) is 2.93. The Morgan fingerprint density at radius 2 is 2.06 bits per heavy atom. The van der Waals surface area contributed by atoms with E-state index in [1.54, 1.807) is 23.7 Å². The van der Waals surface area contributed by atoms with Gasteiger partial charge in [-0.2, -0.15) is 0 Å². The third kappa shape index (κ3) is 2.27. The van der Waals surface area contributed by atoms with Crippen LogP contribution in [0.1, 0.15) is 16.5 Å². The molecule has 2 aromatic heterocycles. The zero-order valence-electron chi connectivity index (χ0n) is 9.46. The van der Waals surface area contributed by atoms with Gasteiger partial charge < -0.3 is 10.6 Å². The van der Waals surface area contributed by atoms with Crippen molar-refractivity contribution >= 4 is 34.4 Å². The molecule has 0 fully saturated rings. The standard InChI is InChI=1S/C13H11N3S2/c17-13-15-10(9-3-5-14-6-4-9)8-11(16-13)12-2-1-7-18-12/h1-8,10H,(H2,15,16,17). The fourth-order valence-electron chi connectivity index (χ4n) is 1.88. The van der Waals surface area contributed by atoms with Gasteiger partial charge in [-0.25, -0.2) is 0 Å². The maximum atomic E-state index is 5.26. The number of hydrogen-bond donors (Lipinski definition) is 2. The lowest BCUT2D eigenvalue weighted by Crippen LogP contribution is -2.40. The number of aromatic nitrogens is 1. The largest absolute Gasteiger partial charge is 0.352 e. The van der Waals surface area contributed by atoms with E-state index in [0.29, 0.717) is 5.11 Å². The summed E-state index contributed by atoms with van der Waals surface area (Å²) in [4.78, 5) is 5.23. The molecule has 0 bridgehead atoms. The Labute approximate surface area is 115 Å². The zero-order chi connectivity index (χ0) is 12.4. The van der Waals surface area contributed by atoms with E-state index in [2.05, 4.69) is 33.1 Å². The summed E-state index contributed by atoms with van der Waals surface area (Å²) in [6.07, 6.45) is 5.73. The summed E-state index contributed by atoms with van der Waals surface area (Å²) in [7, 11) is 0. The monoisotopic (exact) mass is 273 g/mol. The molecular weight excluding hydrogens is 262 g/mol. The maximum absolute atomic E-state index is 5.26. The Hall–Kier alpha value is -1.72. The van der Waals surface area contributed by atoms with Gasteiger partial charge in [0, 0.05) is 12.4 Å². The van der Waals surface area contributed by atoms with Crippen LogP contribution < -0.4 is 10.6 Å². The second-order valence-electron chi connectivity index (χ2n) is 3.91. The van der Waals surface area contributed by atoms with Crippen LogP contribution in [0.4, 0.5) is 0 Å². The number of thiocarbonyl (C=S) groups is 1. The van der Waals surface area contributed by atoms with Crippen molar-refractivity contribution in [2.24, 2.45) is 0 Å². The van der Waals surface area contributed by atoms with Gasteiger partial charge in [-0.3, -0.25) is 4.98 Å². The first-order valence-electron chi connectivity index (χ1n) is 5.56. The smallest absolute Gasteiger partial charge is 0.171 e. The third-order valence-corrected chi connectivity index (χ3v) is 3.84. The molecule has 3 nitrogen and oxygen atoms in total. The molecule has 1 aliphatic heterocycles. The first-order valence-corrected chi connectivity index (χ1v) is 6.85.